The van der Waals surface area contributed by atoms with E-state index in [1.165, 1.54) is 125 Å². The van der Waals surface area contributed by atoms with Crippen molar-refractivity contribution in [1.82, 2.24) is 0 Å². The lowest BCUT2D eigenvalue weighted by molar-refractivity contribution is -0.0183. The molecule has 0 amide bonds. The lowest BCUT2D eigenvalue weighted by Crippen LogP contribution is -2.43. The van der Waals surface area contributed by atoms with Gasteiger partial charge < -0.3 is 28.4 Å². The van der Waals surface area contributed by atoms with Gasteiger partial charge in [0.15, 0.2) is 0 Å². The van der Waals surface area contributed by atoms with Crippen LogP contribution in [0.1, 0.15) is 270 Å². The molecule has 0 saturated heterocycles. The van der Waals surface area contributed by atoms with Crippen molar-refractivity contribution in [2.75, 3.05) is 66.1 Å². The van der Waals surface area contributed by atoms with Crippen molar-refractivity contribution in [3.63, 3.8) is 0 Å². The molecule has 6 rings (SSSR count). The minimum atomic E-state index is -1.99. The van der Waals surface area contributed by atoms with Crippen molar-refractivity contribution in [3.05, 3.63) is 112 Å². The molecular formula is C96H146O6S4Si4. The van der Waals surface area contributed by atoms with Crippen molar-refractivity contribution in [3.8, 4) is 90.4 Å². The Bertz CT molecular complexity index is 3620. The Balaban J connectivity index is 1.00. The van der Waals surface area contributed by atoms with Gasteiger partial charge in [0.2, 0.25) is 0 Å². The summed E-state index contributed by atoms with van der Waals surface area (Å²) in [5.41, 5.74) is 32.8. The molecule has 0 atom stereocenters. The van der Waals surface area contributed by atoms with Gasteiger partial charge in [-0.25, -0.2) is 0 Å². The SMILES string of the molecule is CCCCCCc1cc(-c2ccc(-c3cc(COCCOCCOCCOCCOCCOCc4cc(-c5ccc(-c6cc(CCCCCC)sc6C#C[Si](C(C)C)(C(C)C)C(C)C)cc5)c(C#C[Si](C(C)C)(C(C)C)C(C)C)s4)sc3C#C[Si](C(C)C)(C(C)C)C(C)C)cc2)c(C#C[Si](C(C)C)(C(C)C)C(C)C)s1. The van der Waals surface area contributed by atoms with Crippen LogP contribution in [-0.4, -0.2) is 98.4 Å². The van der Waals surface area contributed by atoms with Crippen LogP contribution in [0, 0.1) is 45.9 Å². The van der Waals surface area contributed by atoms with Crippen LogP contribution in [0.5, 0.6) is 0 Å². The van der Waals surface area contributed by atoms with Gasteiger partial charge in [-0.15, -0.1) is 67.5 Å². The zero-order chi connectivity index (χ0) is 80.9. The van der Waals surface area contributed by atoms with Gasteiger partial charge >= 0.3 is 0 Å². The van der Waals surface area contributed by atoms with Gasteiger partial charge in [0.05, 0.1) is 98.8 Å². The van der Waals surface area contributed by atoms with Crippen LogP contribution in [0.4, 0.5) is 0 Å². The second-order valence-corrected chi connectivity index (χ2v) is 61.6. The zero-order valence-electron chi connectivity index (χ0n) is 73.5. The fraction of sp³-hybridized carbons (Fsp3) is 0.625. The van der Waals surface area contributed by atoms with Gasteiger partial charge in [-0.2, -0.15) is 0 Å². The third kappa shape index (κ3) is 25.3. The number of thiophene rings is 4. The summed E-state index contributed by atoms with van der Waals surface area (Å²) >= 11 is 7.42. The topological polar surface area (TPSA) is 55.4 Å². The number of unbranched alkanes of at least 4 members (excludes halogenated alkanes) is 6. The minimum absolute atomic E-state index is 0.491. The molecule has 4 aromatic heterocycles. The Labute approximate surface area is 692 Å². The van der Waals surface area contributed by atoms with Gasteiger partial charge in [-0.1, -0.05) is 291 Å². The average molecular weight is 1640 g/mol. The highest BCUT2D eigenvalue weighted by molar-refractivity contribution is 7.14. The Hall–Kier alpha value is -3.89. The summed E-state index contributed by atoms with van der Waals surface area (Å²) in [5.74, 6) is 15.5. The van der Waals surface area contributed by atoms with E-state index in [2.05, 4.69) is 299 Å². The number of rotatable bonds is 45. The number of hydrogen-bond acceptors (Lipinski definition) is 10. The van der Waals surface area contributed by atoms with Crippen LogP contribution >= 0.6 is 45.3 Å². The molecule has 4 heterocycles. The zero-order valence-corrected chi connectivity index (χ0v) is 80.8. The van der Waals surface area contributed by atoms with Gasteiger partial charge in [-0.05, 0) is 139 Å². The minimum Gasteiger partial charge on any atom is -0.377 e. The Morgan fingerprint density at radius 2 is 0.445 bits per heavy atom. The monoisotopic (exact) mass is 1630 g/mol. The van der Waals surface area contributed by atoms with Crippen LogP contribution in [0.3, 0.4) is 0 Å². The molecule has 0 spiro atoms. The molecule has 0 radical (unpaired) electrons. The van der Waals surface area contributed by atoms with Gasteiger partial charge in [0.1, 0.15) is 32.3 Å². The highest BCUT2D eigenvalue weighted by atomic mass is 32.1. The molecule has 0 saturated carbocycles. The van der Waals surface area contributed by atoms with E-state index < -0.39 is 32.3 Å². The first-order valence-corrected chi connectivity index (χ1v) is 54.9. The number of hydrogen-bond donors (Lipinski definition) is 0. The van der Waals surface area contributed by atoms with Crippen molar-refractivity contribution in [2.24, 2.45) is 0 Å². The summed E-state index contributed by atoms with van der Waals surface area (Å²) in [6, 6.07) is 28.1. The maximum Gasteiger partial charge on any atom is 0.146 e. The van der Waals surface area contributed by atoms with Crippen LogP contribution in [-0.2, 0) is 54.5 Å². The lowest BCUT2D eigenvalue weighted by Gasteiger charge is -2.38. The smallest absolute Gasteiger partial charge is 0.146 e. The Morgan fingerprint density at radius 3 is 0.645 bits per heavy atom. The van der Waals surface area contributed by atoms with E-state index in [9.17, 15) is 0 Å². The normalized spacial score (nSPS) is 12.5. The van der Waals surface area contributed by atoms with E-state index in [1.54, 1.807) is 22.7 Å². The van der Waals surface area contributed by atoms with Crippen molar-refractivity contribution >= 4 is 77.6 Å². The lowest BCUT2D eigenvalue weighted by atomic mass is 10.00. The van der Waals surface area contributed by atoms with Gasteiger partial charge in [0, 0.05) is 41.8 Å². The van der Waals surface area contributed by atoms with Crippen LogP contribution in [0.2, 0.25) is 66.5 Å². The molecule has 0 N–H and O–H groups in total. The molecule has 606 valence electrons. The third-order valence-electron chi connectivity index (χ3n) is 24.1. The highest BCUT2D eigenvalue weighted by Gasteiger charge is 2.45. The van der Waals surface area contributed by atoms with E-state index in [-0.39, 0.29) is 0 Å². The quantitative estimate of drug-likeness (QED) is 0.0216. The van der Waals surface area contributed by atoms with Crippen LogP contribution < -0.4 is 0 Å². The summed E-state index contributed by atoms with van der Waals surface area (Å²) in [6.07, 6.45) is 12.3. The Kier molecular flexibility index (Phi) is 40.4. The second kappa shape index (κ2) is 46.7. The number of ether oxygens (including phenoxy) is 6. The largest absolute Gasteiger partial charge is 0.377 e. The molecule has 0 bridgehead atoms. The van der Waals surface area contributed by atoms with Crippen molar-refractivity contribution in [2.45, 2.75) is 324 Å². The molecule has 0 aliphatic heterocycles. The predicted molar refractivity (Wildman–Crippen MR) is 496 cm³/mol. The molecule has 14 heteroatoms. The molecule has 6 aromatic rings. The van der Waals surface area contributed by atoms with Crippen LogP contribution in [0.25, 0.3) is 44.5 Å². The van der Waals surface area contributed by atoms with E-state index >= 15 is 0 Å². The summed E-state index contributed by atoms with van der Waals surface area (Å²) < 4.78 is 36.3. The molecule has 0 fully saturated rings. The fourth-order valence-electron chi connectivity index (χ4n) is 18.2. The highest BCUT2D eigenvalue weighted by Crippen LogP contribution is 2.47. The van der Waals surface area contributed by atoms with Crippen molar-refractivity contribution in [1.29, 1.82) is 0 Å². The predicted octanol–water partition coefficient (Wildman–Crippen LogP) is 28.9. The average Bonchev–Trinajstić information content (AvgIpc) is 1.75. The fourth-order valence-corrected chi connectivity index (χ4v) is 43.5. The van der Waals surface area contributed by atoms with E-state index in [4.69, 9.17) is 28.4 Å². The molecule has 0 aliphatic carbocycles. The second-order valence-electron chi connectivity index (χ2n) is 34.7. The Morgan fingerprint density at radius 1 is 0.255 bits per heavy atom. The summed E-state index contributed by atoms with van der Waals surface area (Å²) in [7, 11) is -7.82. The first-order valence-electron chi connectivity index (χ1n) is 42.7. The first kappa shape index (κ1) is 95.0. The number of benzene rings is 2. The third-order valence-corrected chi connectivity index (χ3v) is 53.5. The maximum absolute atomic E-state index is 6.30. The van der Waals surface area contributed by atoms with Gasteiger partial charge in [0.25, 0.3) is 0 Å². The molecular weight excluding hydrogens is 1490 g/mol. The molecule has 0 aliphatic rings. The van der Waals surface area contributed by atoms with Crippen LogP contribution in [0.15, 0.2) is 72.8 Å². The van der Waals surface area contributed by atoms with Crippen molar-refractivity contribution < 1.29 is 28.4 Å². The van der Waals surface area contributed by atoms with Gasteiger partial charge in [-0.3, -0.25) is 0 Å². The first-order chi connectivity index (χ1) is 52.4. The summed E-state index contributed by atoms with van der Waals surface area (Å²) in [6.45, 7) is 68.2. The standard InChI is InChI=1S/C96H146O6S4Si4/c1-27-29-31-33-35-85-63-89(93(103-85)45-59-107(69(3)4,70(5)6)71(7)8)81-37-41-83(42-38-81)91-65-87(105-95(91)47-61-109(75(15)16,76(17)18)77(19)20)67-101-57-55-99-53-51-97-49-50-98-52-54-100-56-58-102-68-88-66-92(96(106-88)48-62-110(78(21)22,79(23)24)80(25)26)84-43-39-82(40-44-84)90-64-86(36-34-32-30-28-2)104-94(90)46-60-108(72(9)10,73(11)12)74(13)14/h37-44,63-66,69-80H,27-36,49-58,67-68H2,1-26H3. The molecule has 2 aromatic carbocycles. The maximum atomic E-state index is 6.30. The van der Waals surface area contributed by atoms with E-state index in [0.29, 0.717) is 146 Å². The summed E-state index contributed by atoms with van der Waals surface area (Å²) in [5, 5.41) is 0. The van der Waals surface area contributed by atoms with E-state index in [0.717, 1.165) is 22.6 Å². The van der Waals surface area contributed by atoms with E-state index in [1.807, 2.05) is 22.7 Å². The number of aryl methyl sites for hydroxylation is 2. The molecule has 6 nitrogen and oxygen atoms in total. The molecule has 0 unspecified atom stereocenters. The summed E-state index contributed by atoms with van der Waals surface area (Å²) in [4.78, 5) is 9.95. The molecule has 110 heavy (non-hydrogen) atoms.